The maximum atomic E-state index is 11.8. The SMILES string of the molecule is CCCCCCCCCCCC(Cc1ccc(C)cc1)P(=O)(O)O.CCCCCCCCCCCC(Cc1ccc(C)cc1)P(=O)(O)O.CCCCCCCCCCCC(Cc1ccc(C)cc1)P(=O)(O)O.[Sb]. The van der Waals surface area contributed by atoms with Crippen LogP contribution in [0, 0.1) is 20.8 Å². The molecule has 0 spiro atoms. The minimum absolute atomic E-state index is 0. The zero-order valence-corrected chi connectivity index (χ0v) is 51.9. The van der Waals surface area contributed by atoms with Crippen molar-refractivity contribution in [2.45, 2.75) is 270 Å². The van der Waals surface area contributed by atoms with Crippen LogP contribution in [0.4, 0.5) is 0 Å². The molecular formula is C60H105O9P3Sb. The summed E-state index contributed by atoms with van der Waals surface area (Å²) < 4.78 is 35.3. The summed E-state index contributed by atoms with van der Waals surface area (Å²) in [4.78, 5) is 57.8. The summed E-state index contributed by atoms with van der Waals surface area (Å²) in [6.07, 6.45) is 36.3. The van der Waals surface area contributed by atoms with Crippen molar-refractivity contribution < 1.29 is 43.1 Å². The van der Waals surface area contributed by atoms with Gasteiger partial charge < -0.3 is 29.4 Å². The molecule has 3 atom stereocenters. The first-order valence-corrected chi connectivity index (χ1v) is 33.7. The van der Waals surface area contributed by atoms with Gasteiger partial charge >= 0.3 is 22.8 Å². The van der Waals surface area contributed by atoms with Crippen molar-refractivity contribution in [2.75, 3.05) is 0 Å². The first kappa shape index (κ1) is 71.9. The van der Waals surface area contributed by atoms with Crippen molar-refractivity contribution in [3.05, 3.63) is 106 Å². The van der Waals surface area contributed by atoms with E-state index in [4.69, 9.17) is 0 Å². The number of hydrogen-bond donors (Lipinski definition) is 6. The van der Waals surface area contributed by atoms with Crippen LogP contribution < -0.4 is 0 Å². The summed E-state index contributed by atoms with van der Waals surface area (Å²) in [6.45, 7) is 12.8. The molecule has 0 aliphatic heterocycles. The second-order valence-electron chi connectivity index (χ2n) is 21.1. The second-order valence-corrected chi connectivity index (χ2v) is 26.9. The Labute approximate surface area is 464 Å². The molecule has 0 amide bonds. The van der Waals surface area contributed by atoms with E-state index in [2.05, 4.69) is 20.8 Å². The Morgan fingerprint density at radius 2 is 0.466 bits per heavy atom. The molecule has 3 rings (SSSR count). The maximum absolute atomic E-state index is 11.8. The molecule has 73 heavy (non-hydrogen) atoms. The second kappa shape index (κ2) is 43.9. The van der Waals surface area contributed by atoms with E-state index >= 15 is 0 Å². The number of unbranched alkanes of at least 4 members (excludes halogenated alkanes) is 24. The summed E-state index contributed by atoms with van der Waals surface area (Å²) in [5.74, 6) is 0. The average molecular weight is 1190 g/mol. The Kier molecular flexibility index (Phi) is 43.2. The number of aryl methyl sites for hydroxylation is 3. The van der Waals surface area contributed by atoms with Gasteiger partial charge in [-0.25, -0.2) is 0 Å². The van der Waals surface area contributed by atoms with E-state index in [0.717, 1.165) is 55.2 Å². The Hall–Kier alpha value is -1.07. The fraction of sp³-hybridized carbons (Fsp3) is 0.700. The van der Waals surface area contributed by atoms with Crippen LogP contribution in [0.15, 0.2) is 72.8 Å². The van der Waals surface area contributed by atoms with Crippen molar-refractivity contribution in [1.82, 2.24) is 0 Å². The van der Waals surface area contributed by atoms with Gasteiger partial charge in [-0.05, 0) is 76.0 Å². The molecule has 0 heterocycles. The first-order valence-electron chi connectivity index (χ1n) is 28.6. The smallest absolute Gasteiger partial charge is 0.324 e. The molecule has 3 aromatic rings. The van der Waals surface area contributed by atoms with Gasteiger partial charge in [0.25, 0.3) is 0 Å². The van der Waals surface area contributed by atoms with Crippen molar-refractivity contribution in [2.24, 2.45) is 0 Å². The molecule has 3 aromatic carbocycles. The number of hydrogen-bond acceptors (Lipinski definition) is 3. The summed E-state index contributed by atoms with van der Waals surface area (Å²) in [7, 11) is -12.1. The molecule has 9 nitrogen and oxygen atoms in total. The van der Waals surface area contributed by atoms with Gasteiger partial charge in [-0.15, -0.1) is 0 Å². The van der Waals surface area contributed by atoms with Crippen LogP contribution >= 0.6 is 22.8 Å². The molecule has 0 bridgehead atoms. The van der Waals surface area contributed by atoms with Gasteiger partial charge in [0.1, 0.15) is 0 Å². The maximum Gasteiger partial charge on any atom is 0.328 e. The fourth-order valence-electron chi connectivity index (χ4n) is 9.23. The third-order valence-corrected chi connectivity index (χ3v) is 18.3. The van der Waals surface area contributed by atoms with Crippen LogP contribution in [0.5, 0.6) is 0 Å². The van der Waals surface area contributed by atoms with E-state index in [1.54, 1.807) is 0 Å². The topological polar surface area (TPSA) is 173 Å². The Morgan fingerprint density at radius 3 is 0.630 bits per heavy atom. The minimum Gasteiger partial charge on any atom is -0.324 e. The monoisotopic (exact) mass is 1180 g/mol. The third kappa shape index (κ3) is 39.9. The molecular weight excluding hydrogens is 1080 g/mol. The normalized spacial score (nSPS) is 13.0. The summed E-state index contributed by atoms with van der Waals surface area (Å²) in [6, 6.07) is 23.9. The van der Waals surface area contributed by atoms with E-state index in [0.29, 0.717) is 38.5 Å². The van der Waals surface area contributed by atoms with Crippen LogP contribution in [-0.2, 0) is 33.0 Å². The molecule has 419 valence electrons. The summed E-state index contributed by atoms with van der Waals surface area (Å²) in [5, 5.41) is 0. The van der Waals surface area contributed by atoms with Crippen molar-refractivity contribution >= 4 is 47.2 Å². The third-order valence-electron chi connectivity index (χ3n) is 14.1. The zero-order chi connectivity index (χ0) is 53.5. The van der Waals surface area contributed by atoms with E-state index in [9.17, 15) is 43.1 Å². The molecule has 0 aliphatic rings. The van der Waals surface area contributed by atoms with Gasteiger partial charge in [0.15, 0.2) is 0 Å². The molecule has 0 aliphatic carbocycles. The van der Waals surface area contributed by atoms with Crippen molar-refractivity contribution in [1.29, 1.82) is 0 Å². The standard InChI is InChI=1S/3C20H35O3P.Sb/c3*1-3-4-5-6-7-8-9-10-11-12-20(24(21,22)23)17-19-15-13-18(2)14-16-19;/h3*13-16,20H,3-12,17H2,1-2H3,(H2,21,22,23);. The van der Waals surface area contributed by atoms with Gasteiger partial charge in [0, 0.05) is 24.4 Å². The molecule has 3 radical (unpaired) electrons. The van der Waals surface area contributed by atoms with E-state index in [1.807, 2.05) is 93.6 Å². The number of rotatable bonds is 39. The van der Waals surface area contributed by atoms with Crippen LogP contribution in [-0.4, -0.2) is 70.8 Å². The molecule has 0 fully saturated rings. The van der Waals surface area contributed by atoms with Crippen LogP contribution in [0.1, 0.15) is 247 Å². The van der Waals surface area contributed by atoms with Gasteiger partial charge in [-0.1, -0.05) is 284 Å². The summed E-state index contributed by atoms with van der Waals surface area (Å²) in [5.41, 5.74) is 4.96. The van der Waals surface area contributed by atoms with Crippen LogP contribution in [0.3, 0.4) is 0 Å². The molecule has 13 heteroatoms. The largest absolute Gasteiger partial charge is 0.328 e. The predicted octanol–water partition coefficient (Wildman–Crippen LogP) is 17.6. The molecule has 6 N–H and O–H groups in total. The van der Waals surface area contributed by atoms with Crippen molar-refractivity contribution in [3.8, 4) is 0 Å². The average Bonchev–Trinajstić information content (AvgIpc) is 3.32. The molecule has 0 aromatic heterocycles. The summed E-state index contributed by atoms with van der Waals surface area (Å²) >= 11 is 0. The van der Waals surface area contributed by atoms with Gasteiger partial charge in [0.05, 0.1) is 17.0 Å². The quantitative estimate of drug-likeness (QED) is 0.0185. The van der Waals surface area contributed by atoms with Crippen LogP contribution in [0.2, 0.25) is 0 Å². The fourth-order valence-corrected chi connectivity index (χ4v) is 12.1. The first-order chi connectivity index (χ1) is 34.3. The minimum atomic E-state index is -4.03. The van der Waals surface area contributed by atoms with E-state index in [-0.39, 0.29) is 24.4 Å². The van der Waals surface area contributed by atoms with Gasteiger partial charge in [0.2, 0.25) is 0 Å². The van der Waals surface area contributed by atoms with Gasteiger partial charge in [-0.2, -0.15) is 0 Å². The molecule has 0 saturated carbocycles. The van der Waals surface area contributed by atoms with Crippen molar-refractivity contribution in [3.63, 3.8) is 0 Å². The van der Waals surface area contributed by atoms with Gasteiger partial charge in [-0.3, -0.25) is 13.7 Å². The van der Waals surface area contributed by atoms with E-state index < -0.39 is 39.8 Å². The zero-order valence-electron chi connectivity index (χ0n) is 46.7. The Morgan fingerprint density at radius 1 is 0.301 bits per heavy atom. The molecule has 3 unspecified atom stereocenters. The van der Waals surface area contributed by atoms with E-state index in [1.165, 1.54) is 152 Å². The molecule has 0 saturated heterocycles. The Balaban J connectivity index is 0.00000106. The van der Waals surface area contributed by atoms with Crippen LogP contribution in [0.25, 0.3) is 0 Å². The Bertz CT molecular complexity index is 1660. The predicted molar refractivity (Wildman–Crippen MR) is 313 cm³/mol. The number of benzene rings is 3.